The summed E-state index contributed by atoms with van der Waals surface area (Å²) in [7, 11) is 1.64. The van der Waals surface area contributed by atoms with E-state index in [1.807, 2.05) is 6.20 Å². The van der Waals surface area contributed by atoms with Crippen LogP contribution in [0.25, 0.3) is 0 Å². The zero-order valence-corrected chi connectivity index (χ0v) is 16.6. The SMILES string of the molecule is CNC(=O)CCOCc1ccc(C(c2ccccc2)C2CC3CCC2C3)cn1. The Balaban J connectivity index is 1.45. The molecule has 4 unspecified atom stereocenters. The van der Waals surface area contributed by atoms with Crippen LogP contribution < -0.4 is 5.32 Å². The molecule has 0 saturated heterocycles. The number of pyridine rings is 1. The zero-order valence-electron chi connectivity index (χ0n) is 16.6. The predicted molar refractivity (Wildman–Crippen MR) is 110 cm³/mol. The van der Waals surface area contributed by atoms with Gasteiger partial charge in [-0.3, -0.25) is 9.78 Å². The topological polar surface area (TPSA) is 51.2 Å². The molecule has 4 heteroatoms. The molecule has 0 spiro atoms. The fourth-order valence-electron chi connectivity index (χ4n) is 5.22. The second kappa shape index (κ2) is 8.87. The maximum Gasteiger partial charge on any atom is 0.222 e. The number of hydrogen-bond donors (Lipinski definition) is 1. The minimum Gasteiger partial charge on any atom is -0.375 e. The number of nitrogens with zero attached hydrogens (tertiary/aromatic N) is 1. The monoisotopic (exact) mass is 378 g/mol. The van der Waals surface area contributed by atoms with Crippen LogP contribution in [0.3, 0.4) is 0 Å². The highest BCUT2D eigenvalue weighted by molar-refractivity contribution is 5.75. The van der Waals surface area contributed by atoms with Crippen LogP contribution in [-0.4, -0.2) is 24.5 Å². The van der Waals surface area contributed by atoms with E-state index in [1.165, 1.54) is 36.8 Å². The third-order valence-electron chi connectivity index (χ3n) is 6.59. The Kier molecular flexibility index (Phi) is 6.06. The molecule has 4 atom stereocenters. The van der Waals surface area contributed by atoms with Crippen molar-refractivity contribution in [3.8, 4) is 0 Å². The van der Waals surface area contributed by atoms with Crippen molar-refractivity contribution in [2.45, 2.75) is 44.6 Å². The normalized spacial score (nSPS) is 24.2. The number of benzene rings is 1. The van der Waals surface area contributed by atoms with Crippen LogP contribution in [0.5, 0.6) is 0 Å². The molecule has 2 saturated carbocycles. The average molecular weight is 379 g/mol. The molecule has 1 heterocycles. The highest BCUT2D eigenvalue weighted by atomic mass is 16.5. The van der Waals surface area contributed by atoms with E-state index in [9.17, 15) is 4.79 Å². The van der Waals surface area contributed by atoms with Gasteiger partial charge in [-0.15, -0.1) is 0 Å². The summed E-state index contributed by atoms with van der Waals surface area (Å²) in [6, 6.07) is 15.2. The van der Waals surface area contributed by atoms with E-state index in [2.05, 4.69) is 52.8 Å². The molecular weight excluding hydrogens is 348 g/mol. The number of ether oxygens (including phenoxy) is 1. The Hall–Kier alpha value is -2.20. The van der Waals surface area contributed by atoms with Gasteiger partial charge in [0.25, 0.3) is 0 Å². The van der Waals surface area contributed by atoms with Crippen LogP contribution in [0.15, 0.2) is 48.7 Å². The van der Waals surface area contributed by atoms with Gasteiger partial charge in [0.05, 0.1) is 18.9 Å². The number of nitrogens with one attached hydrogen (secondary N) is 1. The second-order valence-electron chi connectivity index (χ2n) is 8.29. The molecule has 1 aromatic carbocycles. The molecule has 4 nitrogen and oxygen atoms in total. The van der Waals surface area contributed by atoms with E-state index in [1.54, 1.807) is 7.05 Å². The zero-order chi connectivity index (χ0) is 19.3. The molecule has 2 aromatic rings. The fourth-order valence-corrected chi connectivity index (χ4v) is 5.22. The van der Waals surface area contributed by atoms with Gasteiger partial charge in [-0.2, -0.15) is 0 Å². The van der Waals surface area contributed by atoms with E-state index >= 15 is 0 Å². The third-order valence-corrected chi connectivity index (χ3v) is 6.59. The summed E-state index contributed by atoms with van der Waals surface area (Å²) in [5, 5.41) is 2.60. The first kappa shape index (κ1) is 19.1. The number of fused-ring (bicyclic) bond motifs is 2. The lowest BCUT2D eigenvalue weighted by Gasteiger charge is -2.31. The molecular formula is C24H30N2O2. The van der Waals surface area contributed by atoms with Crippen molar-refractivity contribution in [1.29, 1.82) is 0 Å². The Morgan fingerprint density at radius 2 is 2.00 bits per heavy atom. The molecule has 1 aromatic heterocycles. The molecule has 2 aliphatic carbocycles. The number of aromatic nitrogens is 1. The Labute approximate surface area is 167 Å². The second-order valence-corrected chi connectivity index (χ2v) is 8.29. The van der Waals surface area contributed by atoms with Crippen molar-refractivity contribution in [2.24, 2.45) is 17.8 Å². The maximum atomic E-state index is 11.3. The largest absolute Gasteiger partial charge is 0.375 e. The van der Waals surface area contributed by atoms with Gasteiger partial charge in [0.1, 0.15) is 0 Å². The van der Waals surface area contributed by atoms with Crippen molar-refractivity contribution in [3.05, 3.63) is 65.5 Å². The Morgan fingerprint density at radius 3 is 2.64 bits per heavy atom. The summed E-state index contributed by atoms with van der Waals surface area (Å²) in [5.41, 5.74) is 3.65. The smallest absolute Gasteiger partial charge is 0.222 e. The lowest BCUT2D eigenvalue weighted by molar-refractivity contribution is -0.121. The molecule has 148 valence electrons. The minimum atomic E-state index is -0.000118. The average Bonchev–Trinajstić information content (AvgIpc) is 3.37. The number of hydrogen-bond acceptors (Lipinski definition) is 3. The maximum absolute atomic E-state index is 11.3. The van der Waals surface area contributed by atoms with E-state index in [-0.39, 0.29) is 5.91 Å². The molecule has 2 fully saturated rings. The van der Waals surface area contributed by atoms with Crippen LogP contribution in [0.1, 0.15) is 54.8 Å². The van der Waals surface area contributed by atoms with Crippen LogP contribution in [0.4, 0.5) is 0 Å². The Bertz CT molecular complexity index is 775. The fraction of sp³-hybridized carbons (Fsp3) is 0.500. The molecule has 1 N–H and O–H groups in total. The van der Waals surface area contributed by atoms with Crippen molar-refractivity contribution in [2.75, 3.05) is 13.7 Å². The van der Waals surface area contributed by atoms with E-state index in [0.717, 1.165) is 23.4 Å². The quantitative estimate of drug-likeness (QED) is 0.697. The van der Waals surface area contributed by atoms with E-state index < -0.39 is 0 Å². The predicted octanol–water partition coefficient (Wildman–Crippen LogP) is 4.30. The molecule has 2 bridgehead atoms. The lowest BCUT2D eigenvalue weighted by atomic mass is 9.73. The lowest BCUT2D eigenvalue weighted by Crippen LogP contribution is -2.21. The number of rotatable bonds is 8. The van der Waals surface area contributed by atoms with E-state index in [4.69, 9.17) is 4.74 Å². The van der Waals surface area contributed by atoms with Gasteiger partial charge in [0.15, 0.2) is 0 Å². The first-order valence-corrected chi connectivity index (χ1v) is 10.5. The van der Waals surface area contributed by atoms with E-state index in [0.29, 0.717) is 25.6 Å². The van der Waals surface area contributed by atoms with Crippen molar-refractivity contribution in [3.63, 3.8) is 0 Å². The third kappa shape index (κ3) is 4.27. The molecule has 1 amide bonds. The molecule has 0 radical (unpaired) electrons. The number of carbonyl (C=O) groups is 1. The summed E-state index contributed by atoms with van der Waals surface area (Å²) >= 11 is 0. The summed E-state index contributed by atoms with van der Waals surface area (Å²) in [5.74, 6) is 2.97. The first-order valence-electron chi connectivity index (χ1n) is 10.5. The van der Waals surface area contributed by atoms with Gasteiger partial charge in [-0.25, -0.2) is 0 Å². The van der Waals surface area contributed by atoms with Gasteiger partial charge in [-0.1, -0.05) is 42.8 Å². The van der Waals surface area contributed by atoms with Gasteiger partial charge in [0.2, 0.25) is 5.91 Å². The number of carbonyl (C=O) groups excluding carboxylic acids is 1. The van der Waals surface area contributed by atoms with Gasteiger partial charge >= 0.3 is 0 Å². The van der Waals surface area contributed by atoms with Crippen LogP contribution in [-0.2, 0) is 16.1 Å². The van der Waals surface area contributed by atoms with Crippen LogP contribution in [0, 0.1) is 17.8 Å². The van der Waals surface area contributed by atoms with Crippen molar-refractivity contribution < 1.29 is 9.53 Å². The van der Waals surface area contributed by atoms with Gasteiger partial charge in [-0.05, 0) is 54.2 Å². The first-order chi connectivity index (χ1) is 13.7. The molecule has 28 heavy (non-hydrogen) atoms. The summed E-state index contributed by atoms with van der Waals surface area (Å²) in [4.78, 5) is 15.9. The minimum absolute atomic E-state index is 0.000118. The van der Waals surface area contributed by atoms with Crippen molar-refractivity contribution >= 4 is 5.91 Å². The molecule has 2 aliphatic rings. The molecule has 4 rings (SSSR count). The van der Waals surface area contributed by atoms with Crippen LogP contribution in [0.2, 0.25) is 0 Å². The number of amides is 1. The summed E-state index contributed by atoms with van der Waals surface area (Å²) in [6.45, 7) is 0.863. The summed E-state index contributed by atoms with van der Waals surface area (Å²) < 4.78 is 5.59. The summed E-state index contributed by atoms with van der Waals surface area (Å²) in [6.07, 6.45) is 8.01. The van der Waals surface area contributed by atoms with Crippen LogP contribution >= 0.6 is 0 Å². The van der Waals surface area contributed by atoms with Crippen molar-refractivity contribution in [1.82, 2.24) is 10.3 Å². The Morgan fingerprint density at radius 1 is 1.14 bits per heavy atom. The standard InChI is InChI=1S/C24H30N2O2/c1-25-23(27)11-12-28-16-21-10-9-20(15-26-21)24(18-5-3-2-4-6-18)22-14-17-7-8-19(22)13-17/h2-6,9-10,15,17,19,22,24H,7-8,11-14,16H2,1H3,(H,25,27). The van der Waals surface area contributed by atoms with Gasteiger partial charge in [0, 0.05) is 25.6 Å². The highest BCUT2D eigenvalue weighted by Crippen LogP contribution is 2.54. The highest BCUT2D eigenvalue weighted by Gasteiger charge is 2.43. The molecule has 0 aliphatic heterocycles. The van der Waals surface area contributed by atoms with Gasteiger partial charge < -0.3 is 10.1 Å².